The van der Waals surface area contributed by atoms with Crippen LogP contribution in [-0.2, 0) is 15.8 Å². The molecule has 1 unspecified atom stereocenters. The van der Waals surface area contributed by atoms with Crippen molar-refractivity contribution in [2.24, 2.45) is 0 Å². The molecule has 5 nitrogen and oxygen atoms in total. The lowest BCUT2D eigenvalue weighted by molar-refractivity contribution is 0.0921. The number of benzene rings is 2. The molecule has 0 aliphatic carbocycles. The molecule has 1 fully saturated rings. The fraction of sp³-hybridized carbons (Fsp3) is 0.350. The third kappa shape index (κ3) is 6.36. The number of rotatable bonds is 6. The molecule has 0 bridgehead atoms. The van der Waals surface area contributed by atoms with Crippen LogP contribution >= 0.6 is 35.0 Å². The number of nitrogens with one attached hydrogen (secondary N) is 1. The molecule has 1 N–H and O–H groups in total. The topological polar surface area (TPSA) is 66.5 Å². The van der Waals surface area contributed by atoms with Gasteiger partial charge in [0.1, 0.15) is 0 Å². The average molecular weight is 473 g/mol. The van der Waals surface area contributed by atoms with Crippen LogP contribution in [0.15, 0.2) is 47.4 Å². The van der Waals surface area contributed by atoms with Crippen molar-refractivity contribution in [2.75, 3.05) is 19.3 Å². The first kappa shape index (κ1) is 22.4. The lowest BCUT2D eigenvalue weighted by Gasteiger charge is -2.31. The zero-order valence-corrected chi connectivity index (χ0v) is 19.0. The number of carbonyl (C=O) groups is 1. The third-order valence-corrected chi connectivity index (χ3v) is 7.74. The van der Waals surface area contributed by atoms with E-state index in [-0.39, 0.29) is 11.9 Å². The molecule has 1 atom stereocenters. The van der Waals surface area contributed by atoms with Gasteiger partial charge in [0.05, 0.1) is 11.3 Å². The van der Waals surface area contributed by atoms with E-state index in [9.17, 15) is 13.2 Å². The third-order valence-electron chi connectivity index (χ3n) is 4.67. The number of halogens is 2. The summed E-state index contributed by atoms with van der Waals surface area (Å²) in [5, 5.41) is 4.23. The summed E-state index contributed by atoms with van der Waals surface area (Å²) in [6.45, 7) is 0.817. The predicted octanol–water partition coefficient (Wildman–Crippen LogP) is 4.44. The van der Waals surface area contributed by atoms with Crippen molar-refractivity contribution < 1.29 is 13.2 Å². The van der Waals surface area contributed by atoms with Gasteiger partial charge >= 0.3 is 0 Å². The van der Waals surface area contributed by atoms with Gasteiger partial charge in [0.2, 0.25) is 10.0 Å². The SMILES string of the molecule is CS(=O)(=O)N1CCCC(NC(=O)c2cccc(CSc3cc(Cl)ccc3Cl)c2)C1. The largest absolute Gasteiger partial charge is 0.348 e. The number of hydrogen-bond acceptors (Lipinski definition) is 4. The lowest BCUT2D eigenvalue weighted by atomic mass is 10.1. The molecule has 2 aromatic rings. The van der Waals surface area contributed by atoms with Crippen LogP contribution in [0.3, 0.4) is 0 Å². The minimum absolute atomic E-state index is 0.186. The summed E-state index contributed by atoms with van der Waals surface area (Å²) in [7, 11) is -3.25. The Morgan fingerprint density at radius 3 is 2.79 bits per heavy atom. The molecule has 0 aromatic heterocycles. The Balaban J connectivity index is 1.62. The summed E-state index contributed by atoms with van der Waals surface area (Å²) < 4.78 is 24.9. The summed E-state index contributed by atoms with van der Waals surface area (Å²) in [6, 6.07) is 12.5. The van der Waals surface area contributed by atoms with Gasteiger partial charge < -0.3 is 5.32 Å². The van der Waals surface area contributed by atoms with Crippen LogP contribution in [0.25, 0.3) is 0 Å². The van der Waals surface area contributed by atoms with E-state index in [2.05, 4.69) is 5.32 Å². The van der Waals surface area contributed by atoms with Crippen LogP contribution in [0.1, 0.15) is 28.8 Å². The summed E-state index contributed by atoms with van der Waals surface area (Å²) in [6.07, 6.45) is 2.69. The first-order chi connectivity index (χ1) is 13.7. The molecule has 2 aromatic carbocycles. The summed E-state index contributed by atoms with van der Waals surface area (Å²) in [5.41, 5.74) is 1.54. The molecule has 1 aliphatic rings. The average Bonchev–Trinajstić information content (AvgIpc) is 2.68. The zero-order valence-electron chi connectivity index (χ0n) is 15.9. The Hall–Kier alpha value is -1.25. The maximum Gasteiger partial charge on any atom is 0.251 e. The lowest BCUT2D eigenvalue weighted by Crippen LogP contribution is -2.49. The molecule has 1 saturated heterocycles. The van der Waals surface area contributed by atoms with Gasteiger partial charge in [-0.2, -0.15) is 0 Å². The molecule has 1 heterocycles. The van der Waals surface area contributed by atoms with Gasteiger partial charge in [-0.3, -0.25) is 4.79 Å². The van der Waals surface area contributed by atoms with E-state index in [1.54, 1.807) is 30.0 Å². The molecule has 29 heavy (non-hydrogen) atoms. The Kier molecular flexibility index (Phi) is 7.51. The molecular formula is C20H22Cl2N2O3S2. The van der Waals surface area contributed by atoms with Gasteiger partial charge in [-0.05, 0) is 48.7 Å². The van der Waals surface area contributed by atoms with Crippen LogP contribution < -0.4 is 5.32 Å². The number of thioether (sulfide) groups is 1. The van der Waals surface area contributed by atoms with Crippen LogP contribution in [0.5, 0.6) is 0 Å². The summed E-state index contributed by atoms with van der Waals surface area (Å²) >= 11 is 13.8. The Morgan fingerprint density at radius 1 is 1.24 bits per heavy atom. The summed E-state index contributed by atoms with van der Waals surface area (Å²) in [5.74, 6) is 0.449. The highest BCUT2D eigenvalue weighted by Crippen LogP contribution is 2.32. The first-order valence-electron chi connectivity index (χ1n) is 9.15. The van der Waals surface area contributed by atoms with Crippen molar-refractivity contribution in [1.82, 2.24) is 9.62 Å². The fourth-order valence-corrected chi connectivity index (χ4v) is 5.53. The predicted molar refractivity (Wildman–Crippen MR) is 119 cm³/mol. The zero-order chi connectivity index (χ0) is 21.0. The van der Waals surface area contributed by atoms with Crippen LogP contribution in [0, 0.1) is 0 Å². The van der Waals surface area contributed by atoms with Crippen molar-refractivity contribution in [1.29, 1.82) is 0 Å². The van der Waals surface area contributed by atoms with E-state index in [1.807, 2.05) is 24.3 Å². The molecular weight excluding hydrogens is 451 g/mol. The van der Waals surface area contributed by atoms with E-state index < -0.39 is 10.0 Å². The van der Waals surface area contributed by atoms with E-state index in [0.29, 0.717) is 34.5 Å². The van der Waals surface area contributed by atoms with Crippen LogP contribution in [0.2, 0.25) is 10.0 Å². The standard InChI is InChI=1S/C20H22Cl2N2O3S2/c1-29(26,27)24-9-3-6-17(12-24)23-20(25)15-5-2-4-14(10-15)13-28-19-11-16(21)7-8-18(19)22/h2,4-5,7-8,10-11,17H,3,6,9,12-13H2,1H3,(H,23,25). The number of hydrogen-bond donors (Lipinski definition) is 1. The van der Waals surface area contributed by atoms with Crippen molar-refractivity contribution in [3.63, 3.8) is 0 Å². The normalized spacial score (nSPS) is 17.8. The highest BCUT2D eigenvalue weighted by atomic mass is 35.5. The summed E-state index contributed by atoms with van der Waals surface area (Å²) in [4.78, 5) is 13.6. The van der Waals surface area contributed by atoms with Gasteiger partial charge in [-0.15, -0.1) is 11.8 Å². The van der Waals surface area contributed by atoms with E-state index in [1.165, 1.54) is 10.6 Å². The van der Waals surface area contributed by atoms with Gasteiger partial charge in [0.15, 0.2) is 0 Å². The molecule has 1 amide bonds. The number of carbonyl (C=O) groups excluding carboxylic acids is 1. The van der Waals surface area contributed by atoms with Gasteiger partial charge in [-0.25, -0.2) is 12.7 Å². The fourth-order valence-electron chi connectivity index (χ4n) is 3.18. The van der Waals surface area contributed by atoms with Gasteiger partial charge in [-0.1, -0.05) is 35.3 Å². The second-order valence-electron chi connectivity index (χ2n) is 7.00. The maximum atomic E-state index is 12.7. The monoisotopic (exact) mass is 472 g/mol. The van der Waals surface area contributed by atoms with Gasteiger partial charge in [0, 0.05) is 40.4 Å². The number of amides is 1. The Labute approximate surface area is 185 Å². The minimum atomic E-state index is -3.25. The van der Waals surface area contributed by atoms with Crippen LogP contribution in [-0.4, -0.2) is 44.0 Å². The number of nitrogens with zero attached hydrogens (tertiary/aromatic N) is 1. The highest BCUT2D eigenvalue weighted by molar-refractivity contribution is 7.98. The number of piperidine rings is 1. The van der Waals surface area contributed by atoms with E-state index in [0.717, 1.165) is 23.3 Å². The van der Waals surface area contributed by atoms with Crippen molar-refractivity contribution >= 4 is 50.9 Å². The molecule has 0 spiro atoms. The molecule has 156 valence electrons. The quantitative estimate of drug-likeness (QED) is 0.630. The second kappa shape index (κ2) is 9.71. The molecule has 9 heteroatoms. The number of sulfonamides is 1. The Morgan fingerprint density at radius 2 is 2.03 bits per heavy atom. The molecule has 1 aliphatic heterocycles. The molecule has 0 radical (unpaired) electrons. The first-order valence-corrected chi connectivity index (χ1v) is 12.7. The van der Waals surface area contributed by atoms with E-state index in [4.69, 9.17) is 23.2 Å². The van der Waals surface area contributed by atoms with Crippen molar-refractivity contribution in [3.8, 4) is 0 Å². The Bertz CT molecular complexity index is 999. The highest BCUT2D eigenvalue weighted by Gasteiger charge is 2.27. The smallest absolute Gasteiger partial charge is 0.251 e. The molecule has 0 saturated carbocycles. The van der Waals surface area contributed by atoms with Crippen molar-refractivity contribution in [3.05, 3.63) is 63.6 Å². The van der Waals surface area contributed by atoms with E-state index >= 15 is 0 Å². The molecule has 3 rings (SSSR count). The van der Waals surface area contributed by atoms with Crippen molar-refractivity contribution in [2.45, 2.75) is 29.5 Å². The second-order valence-corrected chi connectivity index (χ2v) is 10.8. The van der Waals surface area contributed by atoms with Gasteiger partial charge in [0.25, 0.3) is 5.91 Å². The maximum absolute atomic E-state index is 12.7. The van der Waals surface area contributed by atoms with Crippen LogP contribution in [0.4, 0.5) is 0 Å². The minimum Gasteiger partial charge on any atom is -0.348 e.